The van der Waals surface area contributed by atoms with Crippen LogP contribution in [0.3, 0.4) is 0 Å². The smallest absolute Gasteiger partial charge is 0.269 e. The molecule has 2 aromatic rings. The molecule has 0 spiro atoms. The highest BCUT2D eigenvalue weighted by Gasteiger charge is 2.21. The number of nitrogens with zero attached hydrogens (tertiary/aromatic N) is 2. The molecule has 1 saturated carbocycles. The topological polar surface area (TPSA) is 101 Å². The van der Waals surface area contributed by atoms with Crippen molar-refractivity contribution in [2.24, 2.45) is 0 Å². The second-order valence-electron chi connectivity index (χ2n) is 6.01. The Morgan fingerprint density at radius 1 is 1.22 bits per heavy atom. The molecule has 1 aliphatic carbocycles. The first-order valence-corrected chi connectivity index (χ1v) is 12.2. The molecular weight excluding hydrogens is 428 g/mol. The van der Waals surface area contributed by atoms with Crippen molar-refractivity contribution in [1.82, 2.24) is 14.9 Å². The molecule has 1 aromatic heterocycles. The van der Waals surface area contributed by atoms with Crippen molar-refractivity contribution in [1.29, 1.82) is 0 Å². The van der Waals surface area contributed by atoms with Gasteiger partial charge in [-0.1, -0.05) is 35.8 Å². The van der Waals surface area contributed by atoms with Crippen LogP contribution in [0.4, 0.5) is 5.13 Å². The van der Waals surface area contributed by atoms with Gasteiger partial charge >= 0.3 is 0 Å². The summed E-state index contributed by atoms with van der Waals surface area (Å²) in [5, 5.41) is 11.3. The standard InChI is InChI=1S/C16H19ClN4O3S3/c17-12-7-5-11(6-8-12)14(22)19-15-20-21-16(26-15)27(23,24)18-9-10-25-13-3-1-2-4-13/h5-8,13,18H,1-4,9-10H2,(H,19,20,22). The third kappa shape index (κ3) is 5.89. The lowest BCUT2D eigenvalue weighted by atomic mass is 10.2. The molecule has 1 amide bonds. The van der Waals surface area contributed by atoms with Crippen molar-refractivity contribution >= 4 is 55.8 Å². The number of rotatable bonds is 8. The first-order chi connectivity index (χ1) is 12.9. The fourth-order valence-electron chi connectivity index (χ4n) is 2.66. The number of hydrogen-bond donors (Lipinski definition) is 2. The number of aromatic nitrogens is 2. The Hall–Kier alpha value is -1.20. The minimum Gasteiger partial charge on any atom is -0.296 e. The highest BCUT2D eigenvalue weighted by atomic mass is 35.5. The number of hydrogen-bond acceptors (Lipinski definition) is 7. The van der Waals surface area contributed by atoms with Gasteiger partial charge in [0, 0.05) is 28.1 Å². The second-order valence-corrected chi connectivity index (χ2v) is 10.8. The zero-order valence-corrected chi connectivity index (χ0v) is 17.6. The Bertz CT molecular complexity index is 881. The quantitative estimate of drug-likeness (QED) is 0.476. The van der Waals surface area contributed by atoms with E-state index in [1.54, 1.807) is 36.0 Å². The molecular formula is C16H19ClN4O3S3. The Labute approximate surface area is 171 Å². The summed E-state index contributed by atoms with van der Waals surface area (Å²) in [4.78, 5) is 12.1. The summed E-state index contributed by atoms with van der Waals surface area (Å²) in [6.45, 7) is 0.343. The van der Waals surface area contributed by atoms with Gasteiger partial charge in [-0.05, 0) is 37.1 Å². The van der Waals surface area contributed by atoms with Crippen LogP contribution < -0.4 is 10.0 Å². The van der Waals surface area contributed by atoms with E-state index in [-0.39, 0.29) is 9.47 Å². The van der Waals surface area contributed by atoms with Gasteiger partial charge in [0.05, 0.1) is 0 Å². The highest BCUT2D eigenvalue weighted by molar-refractivity contribution is 8.00. The van der Waals surface area contributed by atoms with Crippen molar-refractivity contribution in [3.05, 3.63) is 34.9 Å². The summed E-state index contributed by atoms with van der Waals surface area (Å²) in [5.41, 5.74) is 0.390. The molecule has 3 rings (SSSR count). The Balaban J connectivity index is 1.52. The molecule has 0 aliphatic heterocycles. The third-order valence-corrected chi connectivity index (χ3v) is 8.31. The van der Waals surface area contributed by atoms with Gasteiger partial charge < -0.3 is 0 Å². The van der Waals surface area contributed by atoms with E-state index in [9.17, 15) is 13.2 Å². The van der Waals surface area contributed by atoms with Crippen LogP contribution in [0.15, 0.2) is 28.6 Å². The fourth-order valence-corrected chi connectivity index (χ4v) is 6.10. The molecule has 11 heteroatoms. The molecule has 146 valence electrons. The van der Waals surface area contributed by atoms with Crippen LogP contribution in [0.1, 0.15) is 36.0 Å². The molecule has 0 saturated heterocycles. The second kappa shape index (κ2) is 9.33. The van der Waals surface area contributed by atoms with Crippen molar-refractivity contribution in [2.45, 2.75) is 35.3 Å². The van der Waals surface area contributed by atoms with Crippen molar-refractivity contribution in [2.75, 3.05) is 17.6 Å². The number of nitrogens with one attached hydrogen (secondary N) is 2. The van der Waals surface area contributed by atoms with Gasteiger partial charge in [-0.25, -0.2) is 13.1 Å². The number of carbonyl (C=O) groups excluding carboxylic acids is 1. The molecule has 27 heavy (non-hydrogen) atoms. The average Bonchev–Trinajstić information content (AvgIpc) is 3.31. The maximum absolute atomic E-state index is 12.3. The Morgan fingerprint density at radius 2 is 1.93 bits per heavy atom. The molecule has 1 aliphatic rings. The van der Waals surface area contributed by atoms with Crippen LogP contribution in [0, 0.1) is 0 Å². The SMILES string of the molecule is O=C(Nc1nnc(S(=O)(=O)NCCSC2CCCC2)s1)c1ccc(Cl)cc1. The first kappa shape index (κ1) is 20.5. The lowest BCUT2D eigenvalue weighted by Gasteiger charge is -2.08. The van der Waals surface area contributed by atoms with Gasteiger partial charge in [0.25, 0.3) is 15.9 Å². The van der Waals surface area contributed by atoms with E-state index in [0.29, 0.717) is 22.4 Å². The monoisotopic (exact) mass is 446 g/mol. The predicted octanol–water partition coefficient (Wildman–Crippen LogP) is 3.40. The summed E-state index contributed by atoms with van der Waals surface area (Å²) in [6, 6.07) is 6.33. The van der Waals surface area contributed by atoms with Crippen LogP contribution in [0.5, 0.6) is 0 Å². The summed E-state index contributed by atoms with van der Waals surface area (Å²) in [7, 11) is -3.73. The number of carbonyl (C=O) groups is 1. The minimum atomic E-state index is -3.73. The van der Waals surface area contributed by atoms with E-state index in [1.165, 1.54) is 25.7 Å². The van der Waals surface area contributed by atoms with E-state index in [2.05, 4.69) is 20.2 Å². The van der Waals surface area contributed by atoms with E-state index >= 15 is 0 Å². The maximum atomic E-state index is 12.3. The highest BCUT2D eigenvalue weighted by Crippen LogP contribution is 2.29. The van der Waals surface area contributed by atoms with Crippen molar-refractivity contribution < 1.29 is 13.2 Å². The maximum Gasteiger partial charge on any atom is 0.269 e. The van der Waals surface area contributed by atoms with E-state index in [4.69, 9.17) is 11.6 Å². The number of thioether (sulfide) groups is 1. The number of sulfonamides is 1. The zero-order valence-electron chi connectivity index (χ0n) is 14.4. The molecule has 0 unspecified atom stereocenters. The van der Waals surface area contributed by atoms with Crippen LogP contribution in [0.25, 0.3) is 0 Å². The van der Waals surface area contributed by atoms with Crippen molar-refractivity contribution in [3.8, 4) is 0 Å². The largest absolute Gasteiger partial charge is 0.296 e. The van der Waals surface area contributed by atoms with Crippen LogP contribution in [0.2, 0.25) is 5.02 Å². The van der Waals surface area contributed by atoms with E-state index in [1.807, 2.05) is 0 Å². The Kier molecular flexibility index (Phi) is 7.10. The van der Waals surface area contributed by atoms with Crippen molar-refractivity contribution in [3.63, 3.8) is 0 Å². The summed E-state index contributed by atoms with van der Waals surface area (Å²) in [5.74, 6) is 0.316. The molecule has 0 bridgehead atoms. The number of benzene rings is 1. The molecule has 0 radical (unpaired) electrons. The van der Waals surface area contributed by atoms with Gasteiger partial charge in [-0.15, -0.1) is 10.2 Å². The zero-order chi connectivity index (χ0) is 19.3. The van der Waals surface area contributed by atoms with Crippen LogP contribution >= 0.6 is 34.7 Å². The summed E-state index contributed by atoms with van der Waals surface area (Å²) < 4.78 is 27.0. The van der Waals surface area contributed by atoms with Gasteiger partial charge in [0.15, 0.2) is 0 Å². The molecule has 7 nitrogen and oxygen atoms in total. The predicted molar refractivity (Wildman–Crippen MR) is 109 cm³/mol. The molecule has 0 atom stereocenters. The molecule has 2 N–H and O–H groups in total. The fraction of sp³-hybridized carbons (Fsp3) is 0.438. The third-order valence-electron chi connectivity index (χ3n) is 4.01. The molecule has 1 aromatic carbocycles. The van der Waals surface area contributed by atoms with Crippen LogP contribution in [-0.4, -0.2) is 42.1 Å². The molecule has 1 fully saturated rings. The number of halogens is 1. The lowest BCUT2D eigenvalue weighted by molar-refractivity contribution is 0.102. The molecule has 1 heterocycles. The van der Waals surface area contributed by atoms with Gasteiger partial charge in [-0.3, -0.25) is 10.1 Å². The average molecular weight is 447 g/mol. The van der Waals surface area contributed by atoms with E-state index < -0.39 is 15.9 Å². The Morgan fingerprint density at radius 3 is 2.63 bits per heavy atom. The number of amides is 1. The van der Waals surface area contributed by atoms with Gasteiger partial charge in [0.2, 0.25) is 9.47 Å². The van der Waals surface area contributed by atoms with Gasteiger partial charge in [-0.2, -0.15) is 11.8 Å². The van der Waals surface area contributed by atoms with Crippen LogP contribution in [-0.2, 0) is 10.0 Å². The number of anilines is 1. The van der Waals surface area contributed by atoms with E-state index in [0.717, 1.165) is 17.1 Å². The minimum absolute atomic E-state index is 0.121. The normalized spacial score (nSPS) is 15.1. The summed E-state index contributed by atoms with van der Waals surface area (Å²) in [6.07, 6.45) is 4.95. The summed E-state index contributed by atoms with van der Waals surface area (Å²) >= 11 is 8.41. The van der Waals surface area contributed by atoms with Gasteiger partial charge in [0.1, 0.15) is 0 Å². The first-order valence-electron chi connectivity index (χ1n) is 8.46. The lowest BCUT2D eigenvalue weighted by Crippen LogP contribution is -2.26.